The molecule has 0 bridgehead atoms. The second-order valence-electron chi connectivity index (χ2n) is 8.37. The van der Waals surface area contributed by atoms with Crippen LogP contribution in [-0.2, 0) is 0 Å². The van der Waals surface area contributed by atoms with E-state index in [0.29, 0.717) is 19.0 Å². The lowest BCUT2D eigenvalue weighted by molar-refractivity contribution is -0.384. The molecule has 0 aliphatic carbocycles. The third kappa shape index (κ3) is 5.09. The molecule has 172 valence electrons. The highest BCUT2D eigenvalue weighted by Crippen LogP contribution is 2.36. The number of anilines is 1. The Kier molecular flexibility index (Phi) is 6.81. The molecular formula is C24H25BrN4O3S. The molecule has 33 heavy (non-hydrogen) atoms. The summed E-state index contributed by atoms with van der Waals surface area (Å²) in [7, 11) is 0. The summed E-state index contributed by atoms with van der Waals surface area (Å²) in [5.74, 6) is 0.304. The van der Waals surface area contributed by atoms with Crippen LogP contribution in [0.5, 0.6) is 0 Å². The number of nitro groups is 1. The van der Waals surface area contributed by atoms with Gasteiger partial charge in [0, 0.05) is 40.0 Å². The summed E-state index contributed by atoms with van der Waals surface area (Å²) in [5.41, 5.74) is 4.00. The van der Waals surface area contributed by atoms with Crippen LogP contribution >= 0.6 is 27.3 Å². The topological polar surface area (TPSA) is 88.4 Å². The molecule has 1 fully saturated rings. The molecule has 2 aromatic carbocycles. The predicted octanol–water partition coefficient (Wildman–Crippen LogP) is 6.82. The number of hydrogen-bond acceptors (Lipinski definition) is 5. The van der Waals surface area contributed by atoms with Crippen molar-refractivity contribution in [2.75, 3.05) is 18.4 Å². The van der Waals surface area contributed by atoms with Crippen LogP contribution < -0.4 is 5.32 Å². The molecule has 0 unspecified atom stereocenters. The van der Waals surface area contributed by atoms with E-state index in [1.807, 2.05) is 26.0 Å². The molecule has 0 spiro atoms. The van der Waals surface area contributed by atoms with Crippen molar-refractivity contribution in [2.45, 2.75) is 39.5 Å². The summed E-state index contributed by atoms with van der Waals surface area (Å²) < 4.78 is 1.04. The highest BCUT2D eigenvalue weighted by atomic mass is 79.9. The first-order chi connectivity index (χ1) is 15.7. The average Bonchev–Trinajstić information content (AvgIpc) is 3.18. The third-order valence-corrected chi connectivity index (χ3v) is 7.77. The molecule has 3 aromatic rings. The summed E-state index contributed by atoms with van der Waals surface area (Å²) >= 11 is 5.19. The summed E-state index contributed by atoms with van der Waals surface area (Å²) in [4.78, 5) is 31.6. The Morgan fingerprint density at radius 3 is 2.42 bits per heavy atom. The number of aromatic nitrogens is 1. The lowest BCUT2D eigenvalue weighted by Gasteiger charge is -2.31. The number of amides is 2. The molecule has 2 heterocycles. The zero-order chi connectivity index (χ0) is 23.7. The predicted molar refractivity (Wildman–Crippen MR) is 135 cm³/mol. The van der Waals surface area contributed by atoms with E-state index in [1.54, 1.807) is 22.3 Å². The number of carbonyl (C=O) groups excluding carboxylic acids is 1. The number of halogens is 1. The maximum absolute atomic E-state index is 12.8. The minimum atomic E-state index is -0.456. The highest BCUT2D eigenvalue weighted by Gasteiger charge is 2.28. The van der Waals surface area contributed by atoms with E-state index < -0.39 is 4.92 Å². The van der Waals surface area contributed by atoms with Crippen LogP contribution in [0.1, 0.15) is 39.8 Å². The minimum Gasteiger partial charge on any atom is -0.324 e. The van der Waals surface area contributed by atoms with Crippen LogP contribution in [0.2, 0.25) is 0 Å². The highest BCUT2D eigenvalue weighted by molar-refractivity contribution is 9.10. The van der Waals surface area contributed by atoms with Crippen LogP contribution in [0.4, 0.5) is 16.2 Å². The van der Waals surface area contributed by atoms with Gasteiger partial charge in [0.25, 0.3) is 5.69 Å². The van der Waals surface area contributed by atoms with Crippen molar-refractivity contribution < 1.29 is 9.72 Å². The average molecular weight is 529 g/mol. The van der Waals surface area contributed by atoms with Crippen molar-refractivity contribution >= 4 is 44.7 Å². The van der Waals surface area contributed by atoms with Gasteiger partial charge in [0.2, 0.25) is 0 Å². The number of aryl methyl sites for hydroxylation is 3. The molecule has 4 rings (SSSR count). The molecular weight excluding hydrogens is 504 g/mol. The van der Waals surface area contributed by atoms with Gasteiger partial charge in [-0.25, -0.2) is 9.78 Å². The maximum Gasteiger partial charge on any atom is 0.322 e. The Morgan fingerprint density at radius 2 is 1.79 bits per heavy atom. The number of carbonyl (C=O) groups is 1. The first kappa shape index (κ1) is 23.4. The van der Waals surface area contributed by atoms with Gasteiger partial charge in [-0.05, 0) is 62.9 Å². The first-order valence-electron chi connectivity index (χ1n) is 10.8. The number of nitrogens with zero attached hydrogens (tertiary/aromatic N) is 3. The van der Waals surface area contributed by atoms with Gasteiger partial charge in [-0.3, -0.25) is 10.1 Å². The van der Waals surface area contributed by atoms with E-state index in [-0.39, 0.29) is 17.4 Å². The fraction of sp³-hybridized carbons (Fsp3) is 0.333. The van der Waals surface area contributed by atoms with Crippen LogP contribution in [0.3, 0.4) is 0 Å². The number of hydrogen-bond donors (Lipinski definition) is 1. The Hall–Kier alpha value is -2.78. The van der Waals surface area contributed by atoms with Crippen molar-refractivity contribution in [3.63, 3.8) is 0 Å². The number of rotatable bonds is 4. The number of urea groups is 1. The molecule has 7 nitrogen and oxygen atoms in total. The molecule has 0 atom stereocenters. The zero-order valence-electron chi connectivity index (χ0n) is 18.7. The summed E-state index contributed by atoms with van der Waals surface area (Å²) in [6, 6.07) is 11.0. The number of likely N-dealkylation sites (tertiary alicyclic amines) is 1. The second kappa shape index (κ2) is 9.61. The van der Waals surface area contributed by atoms with E-state index in [9.17, 15) is 14.9 Å². The van der Waals surface area contributed by atoms with Crippen molar-refractivity contribution in [3.8, 4) is 11.3 Å². The van der Waals surface area contributed by atoms with Gasteiger partial charge in [0.15, 0.2) is 0 Å². The maximum atomic E-state index is 12.8. The Balaban J connectivity index is 1.42. The smallest absolute Gasteiger partial charge is 0.322 e. The van der Waals surface area contributed by atoms with Gasteiger partial charge < -0.3 is 10.2 Å². The molecule has 1 aromatic heterocycles. The van der Waals surface area contributed by atoms with Gasteiger partial charge in [0.1, 0.15) is 5.69 Å². The SMILES string of the molecule is Cc1cc(NC(=O)N2CCC(c3nc(-c4ccc(Br)cc4)c(C)s3)CC2)c([N+](=O)[O-])cc1C. The van der Waals surface area contributed by atoms with E-state index in [4.69, 9.17) is 4.98 Å². The summed E-state index contributed by atoms with van der Waals surface area (Å²) in [6.07, 6.45) is 1.63. The molecule has 1 aliphatic heterocycles. The number of nitrogens with one attached hydrogen (secondary N) is 1. The van der Waals surface area contributed by atoms with Gasteiger partial charge in [0.05, 0.1) is 15.6 Å². The fourth-order valence-electron chi connectivity index (χ4n) is 4.04. The van der Waals surface area contributed by atoms with Gasteiger partial charge in [-0.15, -0.1) is 11.3 Å². The van der Waals surface area contributed by atoms with E-state index in [2.05, 4.69) is 40.3 Å². The van der Waals surface area contributed by atoms with Crippen LogP contribution in [0.15, 0.2) is 40.9 Å². The first-order valence-corrected chi connectivity index (χ1v) is 12.4. The monoisotopic (exact) mass is 528 g/mol. The lowest BCUT2D eigenvalue weighted by atomic mass is 9.97. The van der Waals surface area contributed by atoms with Crippen molar-refractivity contribution in [2.24, 2.45) is 0 Å². The zero-order valence-corrected chi connectivity index (χ0v) is 21.1. The molecule has 0 radical (unpaired) electrons. The van der Waals surface area contributed by atoms with E-state index in [0.717, 1.165) is 44.7 Å². The second-order valence-corrected chi connectivity index (χ2v) is 10.5. The van der Waals surface area contributed by atoms with Gasteiger partial charge in [-0.2, -0.15) is 0 Å². The van der Waals surface area contributed by atoms with Crippen LogP contribution in [-0.4, -0.2) is 33.9 Å². The number of piperidine rings is 1. The Morgan fingerprint density at radius 1 is 1.15 bits per heavy atom. The molecule has 2 amide bonds. The van der Waals surface area contributed by atoms with Crippen molar-refractivity contribution in [1.82, 2.24) is 9.88 Å². The van der Waals surface area contributed by atoms with Crippen LogP contribution in [0, 0.1) is 30.9 Å². The molecule has 1 aliphatic rings. The van der Waals surface area contributed by atoms with Gasteiger partial charge >= 0.3 is 6.03 Å². The largest absolute Gasteiger partial charge is 0.324 e. The fourth-order valence-corrected chi connectivity index (χ4v) is 5.42. The summed E-state index contributed by atoms with van der Waals surface area (Å²) in [5, 5.41) is 15.3. The molecule has 0 saturated carbocycles. The number of nitro benzene ring substituents is 1. The lowest BCUT2D eigenvalue weighted by Crippen LogP contribution is -2.40. The molecule has 9 heteroatoms. The number of thiazole rings is 1. The minimum absolute atomic E-state index is 0.0833. The quantitative estimate of drug-likeness (QED) is 0.297. The van der Waals surface area contributed by atoms with Crippen LogP contribution in [0.25, 0.3) is 11.3 Å². The van der Waals surface area contributed by atoms with E-state index >= 15 is 0 Å². The molecule has 1 saturated heterocycles. The number of benzene rings is 2. The normalized spacial score (nSPS) is 14.4. The summed E-state index contributed by atoms with van der Waals surface area (Å²) in [6.45, 7) is 6.96. The standard InChI is InChI=1S/C24H25BrN4O3S/c1-14-12-20(21(29(31)32)13-15(14)2)26-24(30)28-10-8-18(9-11-28)23-27-22(16(3)33-23)17-4-6-19(25)7-5-17/h4-7,12-13,18H,8-11H2,1-3H3,(H,26,30). The Labute approximate surface area is 205 Å². The van der Waals surface area contributed by atoms with E-state index in [1.165, 1.54) is 10.9 Å². The van der Waals surface area contributed by atoms with Crippen molar-refractivity contribution in [3.05, 3.63) is 72.0 Å². The Bertz CT molecular complexity index is 1200. The van der Waals surface area contributed by atoms with Gasteiger partial charge in [-0.1, -0.05) is 28.1 Å². The third-order valence-electron chi connectivity index (χ3n) is 6.11. The van der Waals surface area contributed by atoms with Crippen molar-refractivity contribution in [1.29, 1.82) is 0 Å². The molecule has 1 N–H and O–H groups in total.